The number of hydrogen-bond acceptors (Lipinski definition) is 4. The number of benzene rings is 2. The molecule has 1 saturated heterocycles. The molecule has 8 heteroatoms. The molecule has 156 valence electrons. The van der Waals surface area contributed by atoms with Crippen LogP contribution in [0.1, 0.15) is 18.4 Å². The van der Waals surface area contributed by atoms with Crippen molar-refractivity contribution in [2.45, 2.75) is 24.5 Å². The van der Waals surface area contributed by atoms with Gasteiger partial charge in [-0.1, -0.05) is 53.7 Å². The minimum Gasteiger partial charge on any atom is -0.369 e. The number of primary amides is 1. The second-order valence-corrected chi connectivity index (χ2v) is 8.85. The van der Waals surface area contributed by atoms with Gasteiger partial charge in [0.25, 0.3) is 0 Å². The second kappa shape index (κ2) is 9.10. The summed E-state index contributed by atoms with van der Waals surface area (Å²) >= 11 is 7.56. The molecular formula is C22H23ClN4O2S. The van der Waals surface area contributed by atoms with Crippen molar-refractivity contribution < 1.29 is 9.59 Å². The molecule has 2 N–H and O–H groups in total. The number of likely N-dealkylation sites (tertiary alicyclic amines) is 1. The van der Waals surface area contributed by atoms with Gasteiger partial charge < -0.3 is 15.2 Å². The van der Waals surface area contributed by atoms with Crippen molar-refractivity contribution >= 4 is 46.2 Å². The molecule has 6 nitrogen and oxygen atoms in total. The molecule has 1 aliphatic heterocycles. The van der Waals surface area contributed by atoms with E-state index >= 15 is 0 Å². The molecule has 30 heavy (non-hydrogen) atoms. The highest BCUT2D eigenvalue weighted by atomic mass is 35.5. The number of amides is 2. The van der Waals surface area contributed by atoms with Gasteiger partial charge in [0.05, 0.1) is 29.2 Å². The quantitative estimate of drug-likeness (QED) is 0.592. The van der Waals surface area contributed by atoms with Gasteiger partial charge >= 0.3 is 0 Å². The van der Waals surface area contributed by atoms with Gasteiger partial charge in [0.1, 0.15) is 0 Å². The van der Waals surface area contributed by atoms with Crippen molar-refractivity contribution in [3.8, 4) is 0 Å². The first-order chi connectivity index (χ1) is 14.5. The molecule has 0 spiro atoms. The van der Waals surface area contributed by atoms with Crippen LogP contribution in [-0.2, 0) is 16.1 Å². The first-order valence-electron chi connectivity index (χ1n) is 9.91. The average molecular weight is 443 g/mol. The van der Waals surface area contributed by atoms with Gasteiger partial charge in [-0.25, -0.2) is 4.98 Å². The first-order valence-corrected chi connectivity index (χ1v) is 11.3. The summed E-state index contributed by atoms with van der Waals surface area (Å²) in [7, 11) is 0. The van der Waals surface area contributed by atoms with E-state index in [4.69, 9.17) is 22.3 Å². The average Bonchev–Trinajstić information content (AvgIpc) is 3.09. The van der Waals surface area contributed by atoms with Crippen molar-refractivity contribution in [1.29, 1.82) is 0 Å². The highest BCUT2D eigenvalue weighted by molar-refractivity contribution is 7.99. The second-order valence-electron chi connectivity index (χ2n) is 7.47. The number of halogens is 1. The van der Waals surface area contributed by atoms with E-state index in [1.165, 1.54) is 11.8 Å². The predicted octanol–water partition coefficient (Wildman–Crippen LogP) is 3.55. The summed E-state index contributed by atoms with van der Waals surface area (Å²) < 4.78 is 2.11. The van der Waals surface area contributed by atoms with E-state index in [-0.39, 0.29) is 23.5 Å². The molecule has 0 saturated carbocycles. The van der Waals surface area contributed by atoms with Crippen molar-refractivity contribution in [3.63, 3.8) is 0 Å². The van der Waals surface area contributed by atoms with Gasteiger partial charge in [-0.15, -0.1) is 0 Å². The maximum atomic E-state index is 12.8. The number of piperidine rings is 1. The number of thioether (sulfide) groups is 1. The standard InChI is InChI=1S/C22H23ClN4O2S/c23-17-8-9-19-18(11-17)25-22(27(19)12-15-5-2-1-3-6-15)30-14-20(28)26-10-4-7-16(13-26)21(24)29/h1-3,5-6,8-9,11,16H,4,7,10,12-14H2,(H2,24,29). The topological polar surface area (TPSA) is 81.2 Å². The van der Waals surface area contributed by atoms with Crippen LogP contribution < -0.4 is 5.73 Å². The van der Waals surface area contributed by atoms with Crippen LogP contribution in [0.4, 0.5) is 0 Å². The van der Waals surface area contributed by atoms with Crippen LogP contribution in [0.15, 0.2) is 53.7 Å². The third-order valence-corrected chi connectivity index (χ3v) is 6.56. The monoisotopic (exact) mass is 442 g/mol. The molecular weight excluding hydrogens is 420 g/mol. The molecule has 1 unspecified atom stereocenters. The largest absolute Gasteiger partial charge is 0.369 e. The van der Waals surface area contributed by atoms with Crippen LogP contribution in [0.25, 0.3) is 11.0 Å². The number of imidazole rings is 1. The third-order valence-electron chi connectivity index (χ3n) is 5.36. The molecule has 2 aromatic carbocycles. The van der Waals surface area contributed by atoms with Gasteiger partial charge in [-0.2, -0.15) is 0 Å². The zero-order chi connectivity index (χ0) is 21.1. The van der Waals surface area contributed by atoms with Crippen LogP contribution >= 0.6 is 23.4 Å². The number of carbonyl (C=O) groups excluding carboxylic acids is 2. The molecule has 3 aromatic rings. The highest BCUT2D eigenvalue weighted by Gasteiger charge is 2.27. The van der Waals surface area contributed by atoms with Gasteiger partial charge in [0.15, 0.2) is 5.16 Å². The minimum absolute atomic E-state index is 0.00213. The lowest BCUT2D eigenvalue weighted by atomic mass is 9.97. The number of nitrogens with zero attached hydrogens (tertiary/aromatic N) is 3. The third kappa shape index (κ3) is 4.63. The van der Waals surface area contributed by atoms with Crippen LogP contribution in [-0.4, -0.2) is 45.1 Å². The maximum Gasteiger partial charge on any atom is 0.233 e. The van der Waals surface area contributed by atoms with E-state index in [1.54, 1.807) is 4.90 Å². The van der Waals surface area contributed by atoms with Crippen molar-refractivity contribution in [2.24, 2.45) is 11.7 Å². The predicted molar refractivity (Wildman–Crippen MR) is 120 cm³/mol. The zero-order valence-corrected chi connectivity index (χ0v) is 18.0. The highest BCUT2D eigenvalue weighted by Crippen LogP contribution is 2.28. The fraction of sp³-hybridized carbons (Fsp3) is 0.318. The van der Waals surface area contributed by atoms with E-state index in [2.05, 4.69) is 16.7 Å². The van der Waals surface area contributed by atoms with Crippen LogP contribution in [0.2, 0.25) is 5.02 Å². The van der Waals surface area contributed by atoms with E-state index in [9.17, 15) is 9.59 Å². The number of aromatic nitrogens is 2. The lowest BCUT2D eigenvalue weighted by Gasteiger charge is -2.31. The molecule has 2 amide bonds. The Bertz CT molecular complexity index is 1070. The number of fused-ring (bicyclic) bond motifs is 1. The Morgan fingerprint density at radius 2 is 2.00 bits per heavy atom. The molecule has 0 aliphatic carbocycles. The lowest BCUT2D eigenvalue weighted by molar-refractivity contribution is -0.132. The Labute approximate surface area is 184 Å². The maximum absolute atomic E-state index is 12.8. The summed E-state index contributed by atoms with van der Waals surface area (Å²) in [6.07, 6.45) is 1.55. The van der Waals surface area contributed by atoms with Gasteiger partial charge in [-0.05, 0) is 36.6 Å². The molecule has 1 atom stereocenters. The first kappa shape index (κ1) is 20.8. The molecule has 1 aromatic heterocycles. The summed E-state index contributed by atoms with van der Waals surface area (Å²) in [4.78, 5) is 30.7. The Balaban J connectivity index is 1.53. The Kier molecular flexibility index (Phi) is 6.29. The minimum atomic E-state index is -0.332. The van der Waals surface area contributed by atoms with Crippen molar-refractivity contribution in [3.05, 3.63) is 59.1 Å². The van der Waals surface area contributed by atoms with Crippen LogP contribution in [0.3, 0.4) is 0 Å². The Hall–Kier alpha value is -2.51. The van der Waals surface area contributed by atoms with Crippen molar-refractivity contribution in [1.82, 2.24) is 14.5 Å². The molecule has 1 fully saturated rings. The fourth-order valence-corrected chi connectivity index (χ4v) is 4.85. The Morgan fingerprint density at radius 1 is 1.20 bits per heavy atom. The van der Waals surface area contributed by atoms with E-state index in [0.717, 1.165) is 34.6 Å². The number of hydrogen-bond donors (Lipinski definition) is 1. The lowest BCUT2D eigenvalue weighted by Crippen LogP contribution is -2.44. The summed E-state index contributed by atoms with van der Waals surface area (Å²) in [5, 5.41) is 1.40. The number of nitrogens with two attached hydrogens (primary N) is 1. The molecule has 1 aliphatic rings. The van der Waals surface area contributed by atoms with Crippen molar-refractivity contribution in [2.75, 3.05) is 18.8 Å². The normalized spacial score (nSPS) is 16.7. The zero-order valence-electron chi connectivity index (χ0n) is 16.5. The summed E-state index contributed by atoms with van der Waals surface area (Å²) in [5.41, 5.74) is 8.37. The SMILES string of the molecule is NC(=O)C1CCCN(C(=O)CSc2nc3cc(Cl)ccc3n2Cc2ccccc2)C1. The number of rotatable bonds is 6. The van der Waals surface area contributed by atoms with E-state index in [0.29, 0.717) is 24.7 Å². The van der Waals surface area contributed by atoms with Gasteiger partial charge in [0, 0.05) is 18.1 Å². The van der Waals surface area contributed by atoms with E-state index in [1.807, 2.05) is 36.4 Å². The fourth-order valence-electron chi connectivity index (χ4n) is 3.76. The summed E-state index contributed by atoms with van der Waals surface area (Å²) in [6.45, 7) is 1.73. The van der Waals surface area contributed by atoms with Crippen LogP contribution in [0.5, 0.6) is 0 Å². The molecule has 4 rings (SSSR count). The molecule has 2 heterocycles. The summed E-state index contributed by atoms with van der Waals surface area (Å²) in [5.74, 6) is -0.321. The number of carbonyl (C=O) groups is 2. The Morgan fingerprint density at radius 3 is 2.77 bits per heavy atom. The molecule has 0 radical (unpaired) electrons. The van der Waals surface area contributed by atoms with Gasteiger partial charge in [0.2, 0.25) is 11.8 Å². The van der Waals surface area contributed by atoms with Gasteiger partial charge in [-0.3, -0.25) is 9.59 Å². The molecule has 0 bridgehead atoms. The smallest absolute Gasteiger partial charge is 0.233 e. The van der Waals surface area contributed by atoms with E-state index < -0.39 is 0 Å². The van der Waals surface area contributed by atoms with Crippen LogP contribution in [0, 0.1) is 5.92 Å². The summed E-state index contributed by atoms with van der Waals surface area (Å²) in [6, 6.07) is 15.8.